The number of carboxylic acid groups (broad SMARTS) is 1. The smallest absolute Gasteiger partial charge is 0.323 e. The van der Waals surface area contributed by atoms with Crippen molar-refractivity contribution in [3.8, 4) is 0 Å². The van der Waals surface area contributed by atoms with Gasteiger partial charge in [-0.15, -0.1) is 0 Å². The summed E-state index contributed by atoms with van der Waals surface area (Å²) in [5.41, 5.74) is 12.4. The summed E-state index contributed by atoms with van der Waals surface area (Å²) < 4.78 is 0. The molecule has 52 heavy (non-hydrogen) atoms. The van der Waals surface area contributed by atoms with Gasteiger partial charge in [-0.25, -0.2) is 0 Å². The van der Waals surface area contributed by atoms with Crippen LogP contribution >= 0.6 is 0 Å². The second kappa shape index (κ2) is 19.0. The van der Waals surface area contributed by atoms with Crippen LogP contribution in [0.1, 0.15) is 76.3 Å². The number of hydrogen-bond donors (Lipinski definition) is 7. The van der Waals surface area contributed by atoms with Gasteiger partial charge in [0.15, 0.2) is 0 Å². The summed E-state index contributed by atoms with van der Waals surface area (Å²) >= 11 is 0. The fraction of sp³-hybridized carbons (Fsp3) is 0.564. The van der Waals surface area contributed by atoms with Gasteiger partial charge in [0.2, 0.25) is 23.6 Å². The van der Waals surface area contributed by atoms with E-state index < -0.39 is 41.4 Å². The number of carbonyl (C=O) groups is 5. The first-order valence-corrected chi connectivity index (χ1v) is 18.6. The average molecular weight is 720 g/mol. The highest BCUT2D eigenvalue weighted by atomic mass is 16.4. The zero-order valence-electron chi connectivity index (χ0n) is 30.6. The summed E-state index contributed by atoms with van der Waals surface area (Å²) in [4.78, 5) is 67.9. The molecule has 2 fully saturated rings. The molecule has 2 aliphatic rings. The van der Waals surface area contributed by atoms with Crippen LogP contribution in [0, 0.1) is 5.92 Å². The number of nitrogens with zero attached hydrogens (tertiary/aromatic N) is 1. The van der Waals surface area contributed by atoms with Crippen molar-refractivity contribution in [1.82, 2.24) is 26.2 Å². The first-order valence-electron chi connectivity index (χ1n) is 18.6. The Bertz CT molecular complexity index is 1490. The van der Waals surface area contributed by atoms with Gasteiger partial charge in [-0.2, -0.15) is 0 Å². The highest BCUT2D eigenvalue weighted by Crippen LogP contribution is 2.47. The maximum atomic E-state index is 13.9. The van der Waals surface area contributed by atoms with Crippen molar-refractivity contribution < 1.29 is 29.1 Å². The summed E-state index contributed by atoms with van der Waals surface area (Å²) in [7, 11) is 0. The summed E-state index contributed by atoms with van der Waals surface area (Å²) in [5, 5.41) is 21.5. The van der Waals surface area contributed by atoms with E-state index in [2.05, 4.69) is 33.4 Å². The molecule has 4 rings (SSSR count). The van der Waals surface area contributed by atoms with Crippen molar-refractivity contribution in [3.05, 3.63) is 71.8 Å². The van der Waals surface area contributed by atoms with E-state index in [-0.39, 0.29) is 62.0 Å². The Labute approximate surface area is 307 Å². The van der Waals surface area contributed by atoms with Gasteiger partial charge in [0.05, 0.1) is 6.54 Å². The van der Waals surface area contributed by atoms with Crippen LogP contribution in [0.4, 0.5) is 0 Å². The Morgan fingerprint density at radius 2 is 1.40 bits per heavy atom. The van der Waals surface area contributed by atoms with Gasteiger partial charge in [-0.1, -0.05) is 74.5 Å². The molecule has 1 aliphatic heterocycles. The van der Waals surface area contributed by atoms with E-state index in [1.165, 1.54) is 5.56 Å². The largest absolute Gasteiger partial charge is 0.480 e. The number of rotatable bonds is 20. The molecular formula is C39H57N7O6. The van der Waals surface area contributed by atoms with Gasteiger partial charge >= 0.3 is 5.97 Å². The van der Waals surface area contributed by atoms with Gasteiger partial charge in [0.1, 0.15) is 23.7 Å². The van der Waals surface area contributed by atoms with Crippen LogP contribution in [0.15, 0.2) is 60.7 Å². The molecule has 4 amide bonds. The highest BCUT2D eigenvalue weighted by Gasteiger charge is 2.44. The number of nitrogens with one attached hydrogen (secondary N) is 4. The van der Waals surface area contributed by atoms with E-state index in [0.717, 1.165) is 18.4 Å². The second-order valence-corrected chi connectivity index (χ2v) is 14.9. The number of likely N-dealkylation sites (tertiary alicyclic amines) is 1. The molecule has 1 aliphatic carbocycles. The number of piperidine rings is 1. The first-order chi connectivity index (χ1) is 24.9. The molecule has 0 spiro atoms. The zero-order chi connectivity index (χ0) is 37.7. The highest BCUT2D eigenvalue weighted by molar-refractivity contribution is 5.94. The van der Waals surface area contributed by atoms with Crippen LogP contribution in [0.5, 0.6) is 0 Å². The maximum Gasteiger partial charge on any atom is 0.323 e. The van der Waals surface area contributed by atoms with Crippen molar-refractivity contribution in [3.63, 3.8) is 0 Å². The van der Waals surface area contributed by atoms with Crippen molar-refractivity contribution in [2.45, 2.75) is 101 Å². The molecular weight excluding hydrogens is 662 g/mol. The number of hydrogen-bond acceptors (Lipinski definition) is 8. The summed E-state index contributed by atoms with van der Waals surface area (Å²) in [6, 6.07) is 16.8. The predicted octanol–water partition coefficient (Wildman–Crippen LogP) is 1.58. The normalized spacial score (nSPS) is 17.8. The number of nitrogens with two attached hydrogens (primary N) is 2. The molecule has 13 nitrogen and oxygen atoms in total. The van der Waals surface area contributed by atoms with Crippen molar-refractivity contribution >= 4 is 29.6 Å². The summed E-state index contributed by atoms with van der Waals surface area (Å²) in [5.74, 6) is -2.76. The monoisotopic (exact) mass is 719 g/mol. The van der Waals surface area contributed by atoms with Gasteiger partial charge in [0, 0.05) is 31.5 Å². The van der Waals surface area contributed by atoms with E-state index in [1.54, 1.807) is 4.90 Å². The van der Waals surface area contributed by atoms with E-state index in [1.807, 2.05) is 62.4 Å². The molecule has 0 bridgehead atoms. The quantitative estimate of drug-likeness (QED) is 0.0990. The number of carbonyl (C=O) groups excluding carboxylic acids is 4. The van der Waals surface area contributed by atoms with Crippen molar-refractivity contribution in [1.29, 1.82) is 0 Å². The first kappa shape index (κ1) is 40.4. The van der Waals surface area contributed by atoms with Gasteiger partial charge in [0.25, 0.3) is 0 Å². The van der Waals surface area contributed by atoms with E-state index in [9.17, 15) is 29.1 Å². The minimum atomic E-state index is -1.40. The Morgan fingerprint density at radius 1 is 0.808 bits per heavy atom. The predicted molar refractivity (Wildman–Crippen MR) is 199 cm³/mol. The molecule has 3 atom stereocenters. The second-order valence-electron chi connectivity index (χ2n) is 14.9. The molecule has 13 heteroatoms. The Balaban J connectivity index is 1.42. The molecule has 0 radical (unpaired) electrons. The molecule has 0 aromatic heterocycles. The Morgan fingerprint density at radius 3 is 1.98 bits per heavy atom. The van der Waals surface area contributed by atoms with E-state index in [0.29, 0.717) is 38.8 Å². The lowest BCUT2D eigenvalue weighted by Crippen LogP contribution is -2.60. The van der Waals surface area contributed by atoms with Crippen LogP contribution in [0.3, 0.4) is 0 Å². The molecule has 2 aromatic rings. The average Bonchev–Trinajstić information content (AvgIpc) is 3.92. The lowest BCUT2D eigenvalue weighted by Gasteiger charge is -2.38. The van der Waals surface area contributed by atoms with Crippen LogP contribution in [0.25, 0.3) is 0 Å². The molecule has 2 aromatic carbocycles. The minimum Gasteiger partial charge on any atom is -0.480 e. The fourth-order valence-corrected chi connectivity index (χ4v) is 6.79. The van der Waals surface area contributed by atoms with Crippen LogP contribution < -0.4 is 32.7 Å². The number of unbranched alkanes of at least 4 members (excludes halogenated alkanes) is 1. The van der Waals surface area contributed by atoms with Crippen LogP contribution in [0.2, 0.25) is 0 Å². The number of benzene rings is 2. The number of amides is 4. The van der Waals surface area contributed by atoms with E-state index >= 15 is 0 Å². The Kier molecular flexibility index (Phi) is 14.7. The Hall–Kier alpha value is -4.33. The van der Waals surface area contributed by atoms with E-state index in [4.69, 9.17) is 11.5 Å². The topological polar surface area (TPSA) is 209 Å². The standard InChI is InChI=1S/C39H57N7O6/c1-27(2)23-31(34(48)44-30(15-9-10-20-40)36(50)46-21-18-39(41,19-22-46)37(51)52)45-35(49)32(24-28-11-5-3-6-12-28)43-33(47)25-42-26-38(16-17-38)29-13-7-4-8-14-29/h3-8,11-14,27,30-32,42H,9-10,15-26,40-41H2,1-2H3,(H,43,47)(H,44,48)(H,45,49)(H,51,52)/t30-,31-,32-/m1/s1. The summed E-state index contributed by atoms with van der Waals surface area (Å²) in [6.45, 7) is 5.28. The minimum absolute atomic E-state index is 0.0176. The van der Waals surface area contributed by atoms with Crippen LogP contribution in [-0.4, -0.2) is 96.0 Å². The van der Waals surface area contributed by atoms with Crippen LogP contribution in [-0.2, 0) is 35.8 Å². The third-order valence-electron chi connectivity index (χ3n) is 10.2. The molecule has 1 heterocycles. The molecule has 9 N–H and O–H groups in total. The molecule has 1 saturated heterocycles. The van der Waals surface area contributed by atoms with Crippen molar-refractivity contribution in [2.75, 3.05) is 32.7 Å². The van der Waals surface area contributed by atoms with Gasteiger partial charge in [-0.05, 0) is 75.0 Å². The third-order valence-corrected chi connectivity index (χ3v) is 10.2. The zero-order valence-corrected chi connectivity index (χ0v) is 30.6. The van der Waals surface area contributed by atoms with Gasteiger partial charge < -0.3 is 42.7 Å². The number of carboxylic acids is 1. The van der Waals surface area contributed by atoms with Crippen molar-refractivity contribution in [2.24, 2.45) is 17.4 Å². The fourth-order valence-electron chi connectivity index (χ4n) is 6.79. The SMILES string of the molecule is CC(C)C[C@@H](NC(=O)[C@@H](Cc1ccccc1)NC(=O)CNCC1(c2ccccc2)CC1)C(=O)N[C@H](CCCCN)C(=O)N1CCC(N)(C(=O)O)CC1. The maximum absolute atomic E-state index is 13.9. The lowest BCUT2D eigenvalue weighted by molar-refractivity contribution is -0.148. The molecule has 284 valence electrons. The molecule has 0 unspecified atom stereocenters. The summed E-state index contributed by atoms with van der Waals surface area (Å²) in [6.07, 6.45) is 4.37. The van der Waals surface area contributed by atoms with Gasteiger partial charge in [-0.3, -0.25) is 24.0 Å². The molecule has 1 saturated carbocycles. The lowest BCUT2D eigenvalue weighted by atomic mass is 9.88. The number of aliphatic carboxylic acids is 1. The third kappa shape index (κ3) is 11.6.